The van der Waals surface area contributed by atoms with Crippen molar-refractivity contribution in [2.24, 2.45) is 0 Å². The summed E-state index contributed by atoms with van der Waals surface area (Å²) in [5.74, 6) is -0.0935. The third-order valence-electron chi connectivity index (χ3n) is 2.73. The lowest BCUT2D eigenvalue weighted by molar-refractivity contribution is 0.281. The molecule has 0 radical (unpaired) electrons. The smallest absolute Gasteiger partial charge is 0.165 e. The van der Waals surface area contributed by atoms with Crippen LogP contribution in [0, 0.1) is 11.6 Å². The van der Waals surface area contributed by atoms with Crippen LogP contribution >= 0.6 is 15.9 Å². The van der Waals surface area contributed by atoms with E-state index in [9.17, 15) is 8.78 Å². The number of hydrogen-bond donors (Lipinski definition) is 0. The minimum atomic E-state index is -0.621. The normalized spacial score (nSPS) is 10.4. The van der Waals surface area contributed by atoms with Crippen LogP contribution in [0.5, 0.6) is 11.5 Å². The van der Waals surface area contributed by atoms with Gasteiger partial charge in [0.1, 0.15) is 18.2 Å². The molecule has 106 valence electrons. The summed E-state index contributed by atoms with van der Waals surface area (Å²) in [6.07, 6.45) is 0. The van der Waals surface area contributed by atoms with Gasteiger partial charge in [-0.25, -0.2) is 8.78 Å². The topological polar surface area (TPSA) is 18.5 Å². The van der Waals surface area contributed by atoms with Crippen molar-refractivity contribution in [1.29, 1.82) is 0 Å². The van der Waals surface area contributed by atoms with Gasteiger partial charge in [0.25, 0.3) is 0 Å². The maximum atomic E-state index is 13.1. The highest BCUT2D eigenvalue weighted by atomic mass is 79.9. The van der Waals surface area contributed by atoms with E-state index in [4.69, 9.17) is 9.47 Å². The summed E-state index contributed by atoms with van der Waals surface area (Å²) >= 11 is 3.37. The van der Waals surface area contributed by atoms with Gasteiger partial charge in [-0.05, 0) is 23.8 Å². The van der Waals surface area contributed by atoms with Crippen molar-refractivity contribution in [2.75, 3.05) is 7.11 Å². The van der Waals surface area contributed by atoms with Crippen molar-refractivity contribution in [3.05, 3.63) is 59.2 Å². The Bertz CT molecular complexity index is 560. The Morgan fingerprint density at radius 3 is 2.40 bits per heavy atom. The predicted molar refractivity (Wildman–Crippen MR) is 76.3 cm³/mol. The van der Waals surface area contributed by atoms with E-state index in [1.165, 1.54) is 12.1 Å². The second-order valence-corrected chi connectivity index (χ2v) is 4.71. The molecule has 2 rings (SSSR count). The zero-order valence-corrected chi connectivity index (χ0v) is 12.4. The fourth-order valence-corrected chi connectivity index (χ4v) is 2.28. The Morgan fingerprint density at radius 1 is 1.10 bits per heavy atom. The zero-order valence-electron chi connectivity index (χ0n) is 10.8. The van der Waals surface area contributed by atoms with Crippen molar-refractivity contribution in [1.82, 2.24) is 0 Å². The van der Waals surface area contributed by atoms with Crippen molar-refractivity contribution in [2.45, 2.75) is 11.9 Å². The molecule has 0 atom stereocenters. The van der Waals surface area contributed by atoms with Crippen LogP contribution in [0.3, 0.4) is 0 Å². The van der Waals surface area contributed by atoms with Gasteiger partial charge >= 0.3 is 0 Å². The molecule has 0 aliphatic carbocycles. The molecule has 0 N–H and O–H groups in total. The van der Waals surface area contributed by atoms with E-state index in [0.717, 1.165) is 11.6 Å². The molecule has 0 saturated heterocycles. The summed E-state index contributed by atoms with van der Waals surface area (Å²) < 4.78 is 37.1. The maximum absolute atomic E-state index is 13.1. The maximum Gasteiger partial charge on any atom is 0.165 e. The van der Waals surface area contributed by atoms with Gasteiger partial charge in [0.15, 0.2) is 11.5 Å². The molecule has 0 unspecified atom stereocenters. The van der Waals surface area contributed by atoms with Crippen LogP contribution in [0.25, 0.3) is 0 Å². The van der Waals surface area contributed by atoms with E-state index in [2.05, 4.69) is 15.9 Å². The molecule has 0 saturated carbocycles. The van der Waals surface area contributed by atoms with Crippen LogP contribution in [0.1, 0.15) is 11.1 Å². The molecule has 0 fully saturated rings. The summed E-state index contributed by atoms with van der Waals surface area (Å²) in [7, 11) is 1.54. The highest BCUT2D eigenvalue weighted by Gasteiger charge is 2.10. The summed E-state index contributed by atoms with van der Waals surface area (Å²) in [4.78, 5) is 0. The first-order valence-corrected chi connectivity index (χ1v) is 7.06. The SMILES string of the molecule is COc1cccc(CBr)c1OCc1cc(F)cc(F)c1. The van der Waals surface area contributed by atoms with Crippen LogP contribution < -0.4 is 9.47 Å². The van der Waals surface area contributed by atoms with Gasteiger partial charge in [0.05, 0.1) is 7.11 Å². The van der Waals surface area contributed by atoms with E-state index < -0.39 is 11.6 Å². The van der Waals surface area contributed by atoms with Crippen LogP contribution in [-0.4, -0.2) is 7.11 Å². The Morgan fingerprint density at radius 2 is 1.80 bits per heavy atom. The lowest BCUT2D eigenvalue weighted by Gasteiger charge is -2.14. The fraction of sp³-hybridized carbons (Fsp3) is 0.200. The summed E-state index contributed by atoms with van der Waals surface area (Å²) in [6.45, 7) is 0.0645. The first-order chi connectivity index (χ1) is 9.63. The van der Waals surface area contributed by atoms with Crippen molar-refractivity contribution < 1.29 is 18.3 Å². The monoisotopic (exact) mass is 342 g/mol. The second kappa shape index (κ2) is 6.70. The largest absolute Gasteiger partial charge is 0.493 e. The van der Waals surface area contributed by atoms with Crippen LogP contribution in [0.15, 0.2) is 36.4 Å². The third kappa shape index (κ3) is 3.48. The third-order valence-corrected chi connectivity index (χ3v) is 3.33. The Labute approximate surface area is 124 Å². The highest BCUT2D eigenvalue weighted by molar-refractivity contribution is 9.08. The van der Waals surface area contributed by atoms with Crippen LogP contribution in [0.2, 0.25) is 0 Å². The van der Waals surface area contributed by atoms with E-state index in [0.29, 0.717) is 22.4 Å². The van der Waals surface area contributed by atoms with E-state index in [1.54, 1.807) is 13.2 Å². The lowest BCUT2D eigenvalue weighted by Crippen LogP contribution is -2.01. The van der Waals surface area contributed by atoms with Crippen molar-refractivity contribution in [3.8, 4) is 11.5 Å². The van der Waals surface area contributed by atoms with Crippen molar-refractivity contribution in [3.63, 3.8) is 0 Å². The Kier molecular flexibility index (Phi) is 4.95. The van der Waals surface area contributed by atoms with Gasteiger partial charge in [0.2, 0.25) is 0 Å². The summed E-state index contributed by atoms with van der Waals surface area (Å²) in [5, 5.41) is 0.594. The molecule has 0 aliphatic heterocycles. The average Bonchev–Trinajstić information content (AvgIpc) is 2.43. The molecule has 0 aromatic heterocycles. The fourth-order valence-electron chi connectivity index (χ4n) is 1.84. The van der Waals surface area contributed by atoms with E-state index in [-0.39, 0.29) is 6.61 Å². The molecule has 2 aromatic carbocycles. The van der Waals surface area contributed by atoms with Gasteiger partial charge < -0.3 is 9.47 Å². The molecule has 2 nitrogen and oxygen atoms in total. The molecule has 2 aromatic rings. The number of methoxy groups -OCH3 is 1. The molecule has 5 heteroatoms. The number of alkyl halides is 1. The number of para-hydroxylation sites is 1. The first-order valence-electron chi connectivity index (χ1n) is 5.93. The number of benzene rings is 2. The molecule has 0 spiro atoms. The number of hydrogen-bond acceptors (Lipinski definition) is 2. The lowest BCUT2D eigenvalue weighted by atomic mass is 10.2. The minimum absolute atomic E-state index is 0.0645. The second-order valence-electron chi connectivity index (χ2n) is 4.15. The van der Waals surface area contributed by atoms with Gasteiger partial charge in [-0.3, -0.25) is 0 Å². The summed E-state index contributed by atoms with van der Waals surface area (Å²) in [5.41, 5.74) is 1.33. The van der Waals surface area contributed by atoms with E-state index >= 15 is 0 Å². The number of halogens is 3. The quantitative estimate of drug-likeness (QED) is 0.747. The first kappa shape index (κ1) is 14.8. The molecular weight excluding hydrogens is 330 g/mol. The van der Waals surface area contributed by atoms with E-state index in [1.807, 2.05) is 12.1 Å². The Hall–Kier alpha value is -1.62. The Balaban J connectivity index is 2.22. The standard InChI is InChI=1S/C15H13BrF2O2/c1-19-14-4-2-3-11(8-16)15(14)20-9-10-5-12(17)7-13(18)6-10/h2-7H,8-9H2,1H3. The number of ether oxygens (including phenoxy) is 2. The molecule has 0 heterocycles. The van der Waals surface area contributed by atoms with Gasteiger partial charge in [-0.15, -0.1) is 0 Å². The molecule has 0 bridgehead atoms. The molecule has 0 amide bonds. The average molecular weight is 343 g/mol. The van der Waals surface area contributed by atoms with Crippen LogP contribution in [-0.2, 0) is 11.9 Å². The molecular formula is C15H13BrF2O2. The number of rotatable bonds is 5. The van der Waals surface area contributed by atoms with Crippen molar-refractivity contribution >= 4 is 15.9 Å². The van der Waals surface area contributed by atoms with Crippen LogP contribution in [0.4, 0.5) is 8.78 Å². The molecule has 20 heavy (non-hydrogen) atoms. The summed E-state index contributed by atoms with van der Waals surface area (Å²) in [6, 6.07) is 8.83. The minimum Gasteiger partial charge on any atom is -0.493 e. The zero-order chi connectivity index (χ0) is 14.5. The van der Waals surface area contributed by atoms with Gasteiger partial charge in [-0.1, -0.05) is 28.1 Å². The molecule has 0 aliphatic rings. The predicted octanol–water partition coefficient (Wildman–Crippen LogP) is 4.45. The highest BCUT2D eigenvalue weighted by Crippen LogP contribution is 2.33. The van der Waals surface area contributed by atoms with Gasteiger partial charge in [0, 0.05) is 17.0 Å². The van der Waals surface area contributed by atoms with Gasteiger partial charge in [-0.2, -0.15) is 0 Å².